The number of benzene rings is 1. The molecule has 0 bridgehead atoms. The molecule has 0 aliphatic rings. The lowest BCUT2D eigenvalue weighted by Gasteiger charge is -2.10. The number of nitrogens with zero attached hydrogens (tertiary/aromatic N) is 2. The van der Waals surface area contributed by atoms with Gasteiger partial charge in [-0.15, -0.1) is 0 Å². The third-order valence-electron chi connectivity index (χ3n) is 3.18. The van der Waals surface area contributed by atoms with Crippen molar-refractivity contribution in [2.24, 2.45) is 0 Å². The highest BCUT2D eigenvalue weighted by Crippen LogP contribution is 2.27. The number of carbonyl (C=O) groups is 1. The molecule has 1 aromatic heterocycles. The number of amides is 1. The molecule has 21 heavy (non-hydrogen) atoms. The second-order valence-corrected chi connectivity index (χ2v) is 5.87. The summed E-state index contributed by atoms with van der Waals surface area (Å²) in [5.41, 5.74) is 8.08. The van der Waals surface area contributed by atoms with E-state index in [1.807, 2.05) is 50.1 Å². The zero-order chi connectivity index (χ0) is 15.4. The number of hydrogen-bond donors (Lipinski definition) is 2. The van der Waals surface area contributed by atoms with Crippen LogP contribution in [0.15, 0.2) is 24.3 Å². The van der Waals surface area contributed by atoms with Crippen molar-refractivity contribution in [1.82, 2.24) is 10.3 Å². The Morgan fingerprint density at radius 3 is 2.90 bits per heavy atom. The van der Waals surface area contributed by atoms with Gasteiger partial charge < -0.3 is 16.0 Å². The predicted molar refractivity (Wildman–Crippen MR) is 87.8 cm³/mol. The molecule has 0 fully saturated rings. The average Bonchev–Trinajstić information content (AvgIpc) is 2.86. The first kappa shape index (κ1) is 15.3. The number of aryl methyl sites for hydroxylation is 1. The summed E-state index contributed by atoms with van der Waals surface area (Å²) in [6.45, 7) is 5.35. The van der Waals surface area contributed by atoms with E-state index in [0.29, 0.717) is 11.4 Å². The number of nitrogen functional groups attached to an aromatic ring is 1. The molecule has 0 saturated heterocycles. The molecule has 1 heterocycles. The Hall–Kier alpha value is -2.08. The normalized spacial score (nSPS) is 10.4. The third-order valence-corrected chi connectivity index (χ3v) is 4.37. The van der Waals surface area contributed by atoms with Crippen LogP contribution < -0.4 is 16.0 Å². The zero-order valence-electron chi connectivity index (χ0n) is 12.5. The molecule has 112 valence electrons. The van der Waals surface area contributed by atoms with Gasteiger partial charge in [-0.25, -0.2) is 4.98 Å². The summed E-state index contributed by atoms with van der Waals surface area (Å²) >= 11 is 1.32. The topological polar surface area (TPSA) is 71.2 Å². The molecule has 3 N–H and O–H groups in total. The fourth-order valence-corrected chi connectivity index (χ4v) is 2.79. The minimum absolute atomic E-state index is 0.178. The molecule has 1 aromatic carbocycles. The van der Waals surface area contributed by atoms with Crippen molar-refractivity contribution in [2.45, 2.75) is 20.4 Å². The highest BCUT2D eigenvalue weighted by molar-refractivity contribution is 7.18. The first-order chi connectivity index (χ1) is 10.0. The van der Waals surface area contributed by atoms with Crippen LogP contribution in [0.25, 0.3) is 0 Å². The van der Waals surface area contributed by atoms with Gasteiger partial charge in [0.25, 0.3) is 5.91 Å². The Bertz CT molecular complexity index is 638. The van der Waals surface area contributed by atoms with Gasteiger partial charge in [-0.05, 0) is 19.4 Å². The predicted octanol–water partition coefficient (Wildman–Crippen LogP) is 2.42. The molecule has 0 aliphatic heterocycles. The van der Waals surface area contributed by atoms with Gasteiger partial charge in [0.1, 0.15) is 10.7 Å². The Morgan fingerprint density at radius 2 is 2.24 bits per heavy atom. The minimum atomic E-state index is -0.178. The number of thiazole rings is 1. The molecule has 0 unspecified atom stereocenters. The molecular formula is C15H20N4OS. The number of nitrogens with one attached hydrogen (secondary N) is 1. The highest BCUT2D eigenvalue weighted by Gasteiger charge is 2.17. The number of hydrogen-bond acceptors (Lipinski definition) is 5. The Labute approximate surface area is 128 Å². The van der Waals surface area contributed by atoms with Crippen LogP contribution in [0.5, 0.6) is 0 Å². The van der Waals surface area contributed by atoms with Gasteiger partial charge in [-0.2, -0.15) is 0 Å². The molecule has 5 nitrogen and oxygen atoms in total. The van der Waals surface area contributed by atoms with Crippen molar-refractivity contribution < 1.29 is 4.79 Å². The molecule has 2 rings (SSSR count). The van der Waals surface area contributed by atoms with Gasteiger partial charge in [0.05, 0.1) is 0 Å². The van der Waals surface area contributed by atoms with Gasteiger partial charge in [0, 0.05) is 20.1 Å². The van der Waals surface area contributed by atoms with Crippen LogP contribution in [0.3, 0.4) is 0 Å². The second-order valence-electron chi connectivity index (χ2n) is 4.90. The van der Waals surface area contributed by atoms with E-state index in [2.05, 4.69) is 10.3 Å². The van der Waals surface area contributed by atoms with Crippen LogP contribution >= 0.6 is 11.3 Å². The molecule has 0 radical (unpaired) electrons. The smallest absolute Gasteiger partial charge is 0.265 e. The van der Waals surface area contributed by atoms with Crippen molar-refractivity contribution in [2.75, 3.05) is 24.2 Å². The average molecular weight is 304 g/mol. The number of rotatable bonds is 5. The van der Waals surface area contributed by atoms with E-state index in [0.717, 1.165) is 17.2 Å². The van der Waals surface area contributed by atoms with E-state index in [-0.39, 0.29) is 11.7 Å². The Kier molecular flexibility index (Phi) is 4.80. The van der Waals surface area contributed by atoms with Gasteiger partial charge in [0.15, 0.2) is 5.13 Å². The summed E-state index contributed by atoms with van der Waals surface area (Å²) in [4.78, 5) is 18.9. The van der Waals surface area contributed by atoms with E-state index in [1.165, 1.54) is 16.9 Å². The summed E-state index contributed by atoms with van der Waals surface area (Å²) in [5, 5.41) is 3.65. The van der Waals surface area contributed by atoms with E-state index in [4.69, 9.17) is 5.73 Å². The minimum Gasteiger partial charge on any atom is -0.382 e. The quantitative estimate of drug-likeness (QED) is 0.890. The van der Waals surface area contributed by atoms with Crippen molar-refractivity contribution in [3.8, 4) is 0 Å². The lowest BCUT2D eigenvalue weighted by atomic mass is 10.1. The largest absolute Gasteiger partial charge is 0.382 e. The molecule has 0 aliphatic carbocycles. The summed E-state index contributed by atoms with van der Waals surface area (Å²) in [7, 11) is 1.92. The molecular weight excluding hydrogens is 284 g/mol. The zero-order valence-corrected chi connectivity index (χ0v) is 13.3. The standard InChI is InChI=1S/C15H20N4OS/c1-4-19(3)15-18-13(16)12(21-15)14(20)17-9-11-7-5-6-10(2)8-11/h5-8H,4,9,16H2,1-3H3,(H,17,20). The van der Waals surface area contributed by atoms with Crippen molar-refractivity contribution >= 4 is 28.2 Å². The summed E-state index contributed by atoms with van der Waals surface area (Å²) in [5.74, 6) is 0.110. The van der Waals surface area contributed by atoms with Gasteiger partial charge in [0.2, 0.25) is 0 Å². The molecule has 0 saturated carbocycles. The molecule has 6 heteroatoms. The van der Waals surface area contributed by atoms with Crippen LogP contribution in [0.4, 0.5) is 10.9 Å². The maximum Gasteiger partial charge on any atom is 0.265 e. The molecule has 0 atom stereocenters. The molecule has 1 amide bonds. The fourth-order valence-electron chi connectivity index (χ4n) is 1.87. The monoisotopic (exact) mass is 304 g/mol. The van der Waals surface area contributed by atoms with E-state index in [9.17, 15) is 4.79 Å². The van der Waals surface area contributed by atoms with Crippen LogP contribution in [-0.4, -0.2) is 24.5 Å². The van der Waals surface area contributed by atoms with Crippen LogP contribution in [0.2, 0.25) is 0 Å². The van der Waals surface area contributed by atoms with E-state index in [1.54, 1.807) is 0 Å². The fraction of sp³-hybridized carbons (Fsp3) is 0.333. The third kappa shape index (κ3) is 3.72. The first-order valence-corrected chi connectivity index (χ1v) is 7.64. The number of aromatic nitrogens is 1. The van der Waals surface area contributed by atoms with Crippen molar-refractivity contribution in [3.05, 3.63) is 40.3 Å². The van der Waals surface area contributed by atoms with E-state index >= 15 is 0 Å². The Balaban J connectivity index is 2.05. The second kappa shape index (κ2) is 6.58. The SMILES string of the molecule is CCN(C)c1nc(N)c(C(=O)NCc2cccc(C)c2)s1. The van der Waals surface area contributed by atoms with Crippen molar-refractivity contribution in [3.63, 3.8) is 0 Å². The Morgan fingerprint density at radius 1 is 1.48 bits per heavy atom. The van der Waals surface area contributed by atoms with Gasteiger partial charge in [-0.3, -0.25) is 4.79 Å². The maximum atomic E-state index is 12.2. The summed E-state index contributed by atoms with van der Waals surface area (Å²) in [6.07, 6.45) is 0. The van der Waals surface area contributed by atoms with Crippen LogP contribution in [-0.2, 0) is 6.54 Å². The summed E-state index contributed by atoms with van der Waals surface area (Å²) in [6, 6.07) is 8.04. The van der Waals surface area contributed by atoms with Crippen LogP contribution in [0, 0.1) is 6.92 Å². The number of carbonyl (C=O) groups excluding carboxylic acids is 1. The van der Waals surface area contributed by atoms with Gasteiger partial charge >= 0.3 is 0 Å². The highest BCUT2D eigenvalue weighted by atomic mass is 32.1. The maximum absolute atomic E-state index is 12.2. The number of anilines is 2. The van der Waals surface area contributed by atoms with Gasteiger partial charge in [-0.1, -0.05) is 41.2 Å². The lowest BCUT2D eigenvalue weighted by molar-refractivity contribution is 0.0955. The van der Waals surface area contributed by atoms with E-state index < -0.39 is 0 Å². The number of nitrogens with two attached hydrogens (primary N) is 1. The lowest BCUT2D eigenvalue weighted by Crippen LogP contribution is -2.22. The van der Waals surface area contributed by atoms with Crippen LogP contribution in [0.1, 0.15) is 27.7 Å². The molecule has 2 aromatic rings. The summed E-state index contributed by atoms with van der Waals surface area (Å²) < 4.78 is 0. The first-order valence-electron chi connectivity index (χ1n) is 6.82. The van der Waals surface area contributed by atoms with Crippen molar-refractivity contribution in [1.29, 1.82) is 0 Å². The molecule has 0 spiro atoms.